The van der Waals surface area contributed by atoms with Gasteiger partial charge in [-0.15, -0.1) is 0 Å². The highest BCUT2D eigenvalue weighted by molar-refractivity contribution is 5.71. The molecule has 0 aromatic heterocycles. The Labute approximate surface area is 99.9 Å². The summed E-state index contributed by atoms with van der Waals surface area (Å²) in [4.78, 5) is 11.2. The standard InChI is InChI=1S/C13H27NO2/c1-4-5-6-7-8-9-16-13(15)11-14-10-12(2)3/h12,14H,4-11H2,1-3H3. The molecule has 0 radical (unpaired) electrons. The van der Waals surface area contributed by atoms with E-state index in [4.69, 9.17) is 4.74 Å². The van der Waals surface area contributed by atoms with Crippen molar-refractivity contribution in [2.24, 2.45) is 5.92 Å². The van der Waals surface area contributed by atoms with E-state index in [0.29, 0.717) is 19.1 Å². The van der Waals surface area contributed by atoms with Crippen molar-refractivity contribution in [3.63, 3.8) is 0 Å². The van der Waals surface area contributed by atoms with Gasteiger partial charge in [-0.2, -0.15) is 0 Å². The minimum atomic E-state index is -0.129. The molecule has 0 saturated heterocycles. The molecule has 0 fully saturated rings. The van der Waals surface area contributed by atoms with Crippen LogP contribution in [0.4, 0.5) is 0 Å². The number of unbranched alkanes of at least 4 members (excludes halogenated alkanes) is 4. The molecule has 16 heavy (non-hydrogen) atoms. The molecule has 1 N–H and O–H groups in total. The Morgan fingerprint density at radius 3 is 2.50 bits per heavy atom. The third-order valence-electron chi connectivity index (χ3n) is 2.33. The average molecular weight is 229 g/mol. The lowest BCUT2D eigenvalue weighted by molar-refractivity contribution is -0.142. The van der Waals surface area contributed by atoms with Gasteiger partial charge in [0.15, 0.2) is 0 Å². The lowest BCUT2D eigenvalue weighted by Crippen LogP contribution is -2.28. The van der Waals surface area contributed by atoms with Gasteiger partial charge in [0.1, 0.15) is 0 Å². The summed E-state index contributed by atoms with van der Waals surface area (Å²) < 4.78 is 5.10. The molecular formula is C13H27NO2. The summed E-state index contributed by atoms with van der Waals surface area (Å²) in [6.45, 7) is 8.21. The fraction of sp³-hybridized carbons (Fsp3) is 0.923. The van der Waals surface area contributed by atoms with Crippen molar-refractivity contribution in [2.75, 3.05) is 19.7 Å². The third kappa shape index (κ3) is 11.5. The largest absolute Gasteiger partial charge is 0.465 e. The van der Waals surface area contributed by atoms with Crippen molar-refractivity contribution < 1.29 is 9.53 Å². The van der Waals surface area contributed by atoms with E-state index in [1.54, 1.807) is 0 Å². The Kier molecular flexibility index (Phi) is 10.5. The Balaban J connectivity index is 3.17. The highest BCUT2D eigenvalue weighted by Gasteiger charge is 2.02. The van der Waals surface area contributed by atoms with Crippen LogP contribution in [0, 0.1) is 5.92 Å². The average Bonchev–Trinajstić information content (AvgIpc) is 2.22. The lowest BCUT2D eigenvalue weighted by atomic mass is 10.2. The van der Waals surface area contributed by atoms with Gasteiger partial charge in [-0.25, -0.2) is 0 Å². The Morgan fingerprint density at radius 1 is 1.19 bits per heavy atom. The number of hydrogen-bond acceptors (Lipinski definition) is 3. The van der Waals surface area contributed by atoms with E-state index in [1.807, 2.05) is 0 Å². The van der Waals surface area contributed by atoms with E-state index in [2.05, 4.69) is 26.1 Å². The summed E-state index contributed by atoms with van der Waals surface area (Å²) in [5, 5.41) is 3.07. The molecule has 0 rings (SSSR count). The minimum Gasteiger partial charge on any atom is -0.465 e. The van der Waals surface area contributed by atoms with Crippen LogP contribution in [0.3, 0.4) is 0 Å². The highest BCUT2D eigenvalue weighted by Crippen LogP contribution is 2.02. The van der Waals surface area contributed by atoms with Crippen molar-refractivity contribution in [3.05, 3.63) is 0 Å². The third-order valence-corrected chi connectivity index (χ3v) is 2.33. The van der Waals surface area contributed by atoms with Crippen molar-refractivity contribution in [2.45, 2.75) is 52.9 Å². The van der Waals surface area contributed by atoms with Gasteiger partial charge in [0.2, 0.25) is 0 Å². The molecule has 0 unspecified atom stereocenters. The second-order valence-corrected chi connectivity index (χ2v) is 4.66. The molecule has 96 valence electrons. The fourth-order valence-electron chi connectivity index (χ4n) is 1.41. The minimum absolute atomic E-state index is 0.129. The van der Waals surface area contributed by atoms with Crippen LogP contribution in [0.2, 0.25) is 0 Å². The van der Waals surface area contributed by atoms with Crippen molar-refractivity contribution >= 4 is 5.97 Å². The number of hydrogen-bond donors (Lipinski definition) is 1. The molecule has 0 saturated carbocycles. The van der Waals surface area contributed by atoms with Crippen LogP contribution in [0.15, 0.2) is 0 Å². The lowest BCUT2D eigenvalue weighted by Gasteiger charge is -2.07. The maximum Gasteiger partial charge on any atom is 0.319 e. The first-order chi connectivity index (χ1) is 7.66. The van der Waals surface area contributed by atoms with E-state index in [1.165, 1.54) is 25.7 Å². The van der Waals surface area contributed by atoms with Crippen LogP contribution >= 0.6 is 0 Å². The van der Waals surface area contributed by atoms with Gasteiger partial charge < -0.3 is 10.1 Å². The number of nitrogens with one attached hydrogen (secondary N) is 1. The second kappa shape index (κ2) is 10.9. The van der Waals surface area contributed by atoms with Gasteiger partial charge in [-0.1, -0.05) is 46.5 Å². The Bertz CT molecular complexity index is 169. The molecule has 0 atom stereocenters. The molecular weight excluding hydrogens is 202 g/mol. The molecule has 0 spiro atoms. The molecule has 0 aromatic carbocycles. The topological polar surface area (TPSA) is 38.3 Å². The van der Waals surface area contributed by atoms with Gasteiger partial charge >= 0.3 is 5.97 Å². The van der Waals surface area contributed by atoms with E-state index in [-0.39, 0.29) is 5.97 Å². The molecule has 3 heteroatoms. The van der Waals surface area contributed by atoms with E-state index >= 15 is 0 Å². The first kappa shape index (κ1) is 15.4. The number of carbonyl (C=O) groups excluding carboxylic acids is 1. The zero-order valence-electron chi connectivity index (χ0n) is 11.1. The molecule has 0 aromatic rings. The molecule has 3 nitrogen and oxygen atoms in total. The first-order valence-electron chi connectivity index (χ1n) is 6.53. The predicted octanol–water partition coefficient (Wildman–Crippen LogP) is 2.75. The predicted molar refractivity (Wildman–Crippen MR) is 67.4 cm³/mol. The zero-order chi connectivity index (χ0) is 12.2. The number of rotatable bonds is 10. The van der Waals surface area contributed by atoms with Crippen LogP contribution in [0.5, 0.6) is 0 Å². The maximum absolute atomic E-state index is 11.2. The van der Waals surface area contributed by atoms with Crippen LogP contribution < -0.4 is 5.32 Å². The van der Waals surface area contributed by atoms with Gasteiger partial charge in [0.25, 0.3) is 0 Å². The molecule has 0 amide bonds. The fourth-order valence-corrected chi connectivity index (χ4v) is 1.41. The van der Waals surface area contributed by atoms with Crippen LogP contribution in [0.25, 0.3) is 0 Å². The number of esters is 1. The van der Waals surface area contributed by atoms with Crippen LogP contribution in [0.1, 0.15) is 52.9 Å². The quantitative estimate of drug-likeness (QED) is 0.462. The zero-order valence-corrected chi connectivity index (χ0v) is 11.1. The van der Waals surface area contributed by atoms with Crippen LogP contribution in [-0.2, 0) is 9.53 Å². The van der Waals surface area contributed by atoms with Crippen molar-refractivity contribution in [3.8, 4) is 0 Å². The second-order valence-electron chi connectivity index (χ2n) is 4.66. The first-order valence-corrected chi connectivity index (χ1v) is 6.53. The molecule has 0 aliphatic carbocycles. The van der Waals surface area contributed by atoms with Gasteiger partial charge in [-0.05, 0) is 18.9 Å². The number of carbonyl (C=O) groups is 1. The van der Waals surface area contributed by atoms with E-state index in [0.717, 1.165) is 13.0 Å². The van der Waals surface area contributed by atoms with Crippen LogP contribution in [-0.4, -0.2) is 25.7 Å². The van der Waals surface area contributed by atoms with Gasteiger partial charge in [0.05, 0.1) is 13.2 Å². The van der Waals surface area contributed by atoms with Gasteiger partial charge in [-0.3, -0.25) is 4.79 Å². The Hall–Kier alpha value is -0.570. The summed E-state index contributed by atoms with van der Waals surface area (Å²) in [7, 11) is 0. The smallest absolute Gasteiger partial charge is 0.319 e. The summed E-state index contributed by atoms with van der Waals surface area (Å²) in [6.07, 6.45) is 5.94. The van der Waals surface area contributed by atoms with E-state index < -0.39 is 0 Å². The van der Waals surface area contributed by atoms with Gasteiger partial charge in [0, 0.05) is 0 Å². The SMILES string of the molecule is CCCCCCCOC(=O)CNCC(C)C. The molecule has 0 bridgehead atoms. The summed E-state index contributed by atoms with van der Waals surface area (Å²) in [5.41, 5.74) is 0. The molecule has 0 aliphatic rings. The number of ether oxygens (including phenoxy) is 1. The molecule has 0 heterocycles. The summed E-state index contributed by atoms with van der Waals surface area (Å²) in [6, 6.07) is 0. The highest BCUT2D eigenvalue weighted by atomic mass is 16.5. The van der Waals surface area contributed by atoms with Crippen molar-refractivity contribution in [1.82, 2.24) is 5.32 Å². The van der Waals surface area contributed by atoms with E-state index in [9.17, 15) is 4.79 Å². The maximum atomic E-state index is 11.2. The molecule has 0 aliphatic heterocycles. The Morgan fingerprint density at radius 2 is 1.88 bits per heavy atom. The monoisotopic (exact) mass is 229 g/mol. The van der Waals surface area contributed by atoms with Crippen molar-refractivity contribution in [1.29, 1.82) is 0 Å². The summed E-state index contributed by atoms with van der Waals surface area (Å²) in [5.74, 6) is 0.443. The normalized spacial score (nSPS) is 10.8. The summed E-state index contributed by atoms with van der Waals surface area (Å²) >= 11 is 0.